The summed E-state index contributed by atoms with van der Waals surface area (Å²) in [4.78, 5) is 55.9. The molecule has 4 atom stereocenters. The van der Waals surface area contributed by atoms with Gasteiger partial charge in [-0.1, -0.05) is 48.5 Å². The molecule has 2 fully saturated rings. The van der Waals surface area contributed by atoms with Gasteiger partial charge in [0.05, 0.1) is 25.0 Å². The Balaban J connectivity index is 1.56. The molecule has 1 N–H and O–H groups in total. The molecule has 0 bridgehead atoms. The quantitative estimate of drug-likeness (QED) is 0.552. The monoisotopic (exact) mass is 447 g/mol. The molecule has 2 aromatic carbocycles. The Labute approximate surface area is 191 Å². The highest BCUT2D eigenvalue weighted by molar-refractivity contribution is 6.16. The first-order chi connectivity index (χ1) is 15.9. The van der Waals surface area contributed by atoms with Crippen LogP contribution in [0.2, 0.25) is 0 Å². The van der Waals surface area contributed by atoms with Gasteiger partial charge in [-0.15, -0.1) is 0 Å². The van der Waals surface area contributed by atoms with Gasteiger partial charge in [-0.3, -0.25) is 34.3 Å². The Bertz CT molecular complexity index is 1150. The Morgan fingerprint density at radius 2 is 1.70 bits per heavy atom. The summed E-state index contributed by atoms with van der Waals surface area (Å²) in [6.45, 7) is 3.64. The number of nitrogens with zero attached hydrogens (tertiary/aromatic N) is 2. The fourth-order valence-corrected chi connectivity index (χ4v) is 5.58. The first kappa shape index (κ1) is 21.3. The first-order valence-electron chi connectivity index (χ1n) is 11.1. The minimum absolute atomic E-state index is 0.163. The van der Waals surface area contributed by atoms with Crippen LogP contribution in [0.4, 0.5) is 5.69 Å². The number of hydrogen-bond donors (Lipinski definition) is 1. The number of amides is 3. The minimum atomic E-state index is -1.40. The van der Waals surface area contributed by atoms with E-state index in [4.69, 9.17) is 4.74 Å². The SMILES string of the molecule is CCOC(=O)CN1C(=O)[C@]2(N[C@H](C)[C@H]3C(=O)N(Cc4ccccc4)C(=O)[C@H]32)c2ccccc21. The van der Waals surface area contributed by atoms with E-state index in [1.54, 1.807) is 31.2 Å². The smallest absolute Gasteiger partial charge is 0.326 e. The molecule has 2 saturated heterocycles. The Kier molecular flexibility index (Phi) is 5.05. The van der Waals surface area contributed by atoms with E-state index in [0.29, 0.717) is 11.3 Å². The number of imide groups is 1. The highest BCUT2D eigenvalue weighted by Crippen LogP contribution is 2.54. The molecule has 8 heteroatoms. The summed E-state index contributed by atoms with van der Waals surface area (Å²) in [5.74, 6) is -3.13. The van der Waals surface area contributed by atoms with E-state index in [1.165, 1.54) is 9.80 Å². The van der Waals surface area contributed by atoms with Gasteiger partial charge in [0.2, 0.25) is 11.8 Å². The lowest BCUT2D eigenvalue weighted by atomic mass is 9.76. The molecule has 33 heavy (non-hydrogen) atoms. The summed E-state index contributed by atoms with van der Waals surface area (Å²) >= 11 is 0. The lowest BCUT2D eigenvalue weighted by Crippen LogP contribution is -2.55. The molecule has 3 heterocycles. The maximum Gasteiger partial charge on any atom is 0.326 e. The number of hydrogen-bond acceptors (Lipinski definition) is 6. The predicted octanol–water partition coefficient (Wildman–Crippen LogP) is 1.58. The zero-order valence-electron chi connectivity index (χ0n) is 18.5. The third-order valence-electron chi connectivity index (χ3n) is 6.88. The highest BCUT2D eigenvalue weighted by Gasteiger charge is 2.70. The number of para-hydroxylation sites is 1. The summed E-state index contributed by atoms with van der Waals surface area (Å²) in [5, 5.41) is 3.31. The number of rotatable bonds is 5. The van der Waals surface area contributed by atoms with Gasteiger partial charge in [0.15, 0.2) is 0 Å². The number of fused-ring (bicyclic) bond motifs is 4. The normalized spacial score (nSPS) is 27.9. The van der Waals surface area contributed by atoms with Crippen molar-refractivity contribution in [1.29, 1.82) is 0 Å². The van der Waals surface area contributed by atoms with Crippen molar-refractivity contribution in [3.63, 3.8) is 0 Å². The molecule has 0 radical (unpaired) electrons. The van der Waals surface area contributed by atoms with E-state index in [2.05, 4.69) is 5.32 Å². The fraction of sp³-hybridized carbons (Fsp3) is 0.360. The summed E-state index contributed by atoms with van der Waals surface area (Å²) < 4.78 is 5.07. The number of anilines is 1. The van der Waals surface area contributed by atoms with Crippen LogP contribution in [0.1, 0.15) is 25.0 Å². The lowest BCUT2D eigenvalue weighted by Gasteiger charge is -2.30. The third kappa shape index (κ3) is 3.01. The van der Waals surface area contributed by atoms with Crippen LogP contribution in [-0.4, -0.2) is 47.8 Å². The van der Waals surface area contributed by atoms with Crippen LogP contribution in [0.3, 0.4) is 0 Å². The molecular weight excluding hydrogens is 422 g/mol. The highest BCUT2D eigenvalue weighted by atomic mass is 16.5. The molecular formula is C25H25N3O5. The molecule has 1 spiro atoms. The van der Waals surface area contributed by atoms with Crippen molar-refractivity contribution in [2.45, 2.75) is 32.0 Å². The van der Waals surface area contributed by atoms with Crippen LogP contribution in [-0.2, 0) is 36.0 Å². The summed E-state index contributed by atoms with van der Waals surface area (Å²) in [6, 6.07) is 16.0. The van der Waals surface area contributed by atoms with Crippen LogP contribution in [0.25, 0.3) is 0 Å². The van der Waals surface area contributed by atoms with Crippen molar-refractivity contribution in [1.82, 2.24) is 10.2 Å². The predicted molar refractivity (Wildman–Crippen MR) is 119 cm³/mol. The van der Waals surface area contributed by atoms with Gasteiger partial charge in [-0.25, -0.2) is 0 Å². The number of carbonyl (C=O) groups excluding carboxylic acids is 4. The van der Waals surface area contributed by atoms with E-state index in [0.717, 1.165) is 5.56 Å². The Hall–Kier alpha value is -3.52. The Morgan fingerprint density at radius 1 is 1.00 bits per heavy atom. The van der Waals surface area contributed by atoms with Crippen molar-refractivity contribution in [2.24, 2.45) is 11.8 Å². The van der Waals surface area contributed by atoms with Crippen LogP contribution >= 0.6 is 0 Å². The molecule has 5 rings (SSSR count). The fourth-order valence-electron chi connectivity index (χ4n) is 5.58. The van der Waals surface area contributed by atoms with Crippen LogP contribution in [0.15, 0.2) is 54.6 Å². The average molecular weight is 447 g/mol. The van der Waals surface area contributed by atoms with E-state index < -0.39 is 35.3 Å². The summed E-state index contributed by atoms with van der Waals surface area (Å²) in [7, 11) is 0. The maximum atomic E-state index is 13.9. The molecule has 3 amide bonds. The van der Waals surface area contributed by atoms with Crippen LogP contribution in [0.5, 0.6) is 0 Å². The molecule has 170 valence electrons. The molecule has 3 aliphatic rings. The van der Waals surface area contributed by atoms with Gasteiger partial charge in [-0.05, 0) is 25.5 Å². The number of esters is 1. The summed E-state index contributed by atoms with van der Waals surface area (Å²) in [5.41, 5.74) is 0.612. The molecule has 8 nitrogen and oxygen atoms in total. The average Bonchev–Trinajstić information content (AvgIpc) is 3.34. The lowest BCUT2D eigenvalue weighted by molar-refractivity contribution is -0.144. The van der Waals surface area contributed by atoms with Crippen LogP contribution < -0.4 is 10.2 Å². The third-order valence-corrected chi connectivity index (χ3v) is 6.88. The minimum Gasteiger partial charge on any atom is -0.465 e. The van der Waals surface area contributed by atoms with Gasteiger partial charge in [-0.2, -0.15) is 0 Å². The van der Waals surface area contributed by atoms with Gasteiger partial charge in [0.1, 0.15) is 12.1 Å². The van der Waals surface area contributed by atoms with Crippen LogP contribution in [0, 0.1) is 11.8 Å². The molecule has 0 aromatic heterocycles. The van der Waals surface area contributed by atoms with Crippen molar-refractivity contribution in [2.75, 3.05) is 18.1 Å². The van der Waals surface area contributed by atoms with Gasteiger partial charge >= 0.3 is 5.97 Å². The number of benzene rings is 2. The van der Waals surface area contributed by atoms with E-state index in [1.807, 2.05) is 37.3 Å². The molecule has 2 aromatic rings. The zero-order valence-corrected chi connectivity index (χ0v) is 18.5. The number of nitrogens with one attached hydrogen (secondary N) is 1. The number of ether oxygens (including phenoxy) is 1. The number of likely N-dealkylation sites (tertiary alicyclic amines) is 1. The van der Waals surface area contributed by atoms with Crippen molar-refractivity contribution in [3.05, 3.63) is 65.7 Å². The second-order valence-electron chi connectivity index (χ2n) is 8.71. The van der Waals surface area contributed by atoms with Crippen molar-refractivity contribution < 1.29 is 23.9 Å². The van der Waals surface area contributed by atoms with Gasteiger partial charge in [0.25, 0.3) is 5.91 Å². The topological polar surface area (TPSA) is 96.0 Å². The van der Waals surface area contributed by atoms with E-state index in [-0.39, 0.29) is 31.5 Å². The standard InChI is InChI=1S/C25H25N3O5/c1-3-33-19(29)14-27-18-12-8-7-11-17(18)25(24(27)32)21-20(15(2)26-25)22(30)28(23(21)31)13-16-9-5-4-6-10-16/h4-12,15,20-21,26H,3,13-14H2,1-2H3/t15-,20-,21+,25+/m1/s1. The second-order valence-corrected chi connectivity index (χ2v) is 8.71. The largest absolute Gasteiger partial charge is 0.465 e. The zero-order chi connectivity index (χ0) is 23.3. The van der Waals surface area contributed by atoms with Crippen molar-refractivity contribution >= 4 is 29.4 Å². The molecule has 0 saturated carbocycles. The Morgan fingerprint density at radius 3 is 2.42 bits per heavy atom. The first-order valence-corrected chi connectivity index (χ1v) is 11.1. The van der Waals surface area contributed by atoms with E-state index >= 15 is 0 Å². The second kappa shape index (κ2) is 7.81. The van der Waals surface area contributed by atoms with Gasteiger partial charge < -0.3 is 4.74 Å². The number of carbonyl (C=O) groups is 4. The van der Waals surface area contributed by atoms with Gasteiger partial charge in [0, 0.05) is 17.3 Å². The summed E-state index contributed by atoms with van der Waals surface area (Å²) in [6.07, 6.45) is 0. The van der Waals surface area contributed by atoms with E-state index in [9.17, 15) is 19.2 Å². The molecule has 0 aliphatic carbocycles. The van der Waals surface area contributed by atoms with Crippen molar-refractivity contribution in [3.8, 4) is 0 Å². The molecule has 0 unspecified atom stereocenters. The maximum absolute atomic E-state index is 13.9. The molecule has 3 aliphatic heterocycles.